The summed E-state index contributed by atoms with van der Waals surface area (Å²) < 4.78 is 10.1. The van der Waals surface area contributed by atoms with Gasteiger partial charge >= 0.3 is 0 Å². The highest BCUT2D eigenvalue weighted by atomic mass is 16.7. The zero-order valence-corrected chi connectivity index (χ0v) is 8.19. The van der Waals surface area contributed by atoms with Gasteiger partial charge in [0.05, 0.1) is 13.2 Å². The monoisotopic (exact) mass is 220 g/mol. The summed E-state index contributed by atoms with van der Waals surface area (Å²) in [4.78, 5) is 0. The van der Waals surface area contributed by atoms with Gasteiger partial charge in [-0.3, -0.25) is 0 Å². The molecule has 88 valence electrons. The third-order valence-corrected chi connectivity index (χ3v) is 2.23. The van der Waals surface area contributed by atoms with Crippen molar-refractivity contribution < 1.29 is 29.9 Å². The summed E-state index contributed by atoms with van der Waals surface area (Å²) in [6, 6.07) is 0. The number of ether oxygens (including phenoxy) is 2. The van der Waals surface area contributed by atoms with Crippen LogP contribution in [0.15, 0.2) is 12.7 Å². The highest BCUT2D eigenvalue weighted by Gasteiger charge is 2.43. The standard InChI is InChI=1S/C9H16O6/c1-2-3-14-9-8(13)7(12)6(11)5(4-10)15-9/h2,5-13H,1,3-4H2/t5-,6+,7-,8-,9-/m0/s1. The fraction of sp³-hybridized carbons (Fsp3) is 0.778. The van der Waals surface area contributed by atoms with Crippen LogP contribution < -0.4 is 0 Å². The molecule has 0 saturated carbocycles. The second-order valence-electron chi connectivity index (χ2n) is 3.32. The van der Waals surface area contributed by atoms with Gasteiger partial charge in [-0.05, 0) is 0 Å². The molecule has 0 unspecified atom stereocenters. The van der Waals surface area contributed by atoms with Crippen molar-refractivity contribution in [1.29, 1.82) is 0 Å². The van der Waals surface area contributed by atoms with Crippen molar-refractivity contribution in [2.24, 2.45) is 0 Å². The minimum absolute atomic E-state index is 0.142. The van der Waals surface area contributed by atoms with Gasteiger partial charge in [-0.15, -0.1) is 6.58 Å². The normalized spacial score (nSPS) is 41.5. The Hall–Kier alpha value is -0.500. The van der Waals surface area contributed by atoms with Crippen LogP contribution in [0.25, 0.3) is 0 Å². The minimum Gasteiger partial charge on any atom is -0.394 e. The topological polar surface area (TPSA) is 99.4 Å². The Balaban J connectivity index is 2.60. The third kappa shape index (κ3) is 2.75. The van der Waals surface area contributed by atoms with E-state index in [9.17, 15) is 15.3 Å². The summed E-state index contributed by atoms with van der Waals surface area (Å²) in [6.07, 6.45) is -4.64. The molecular weight excluding hydrogens is 204 g/mol. The largest absolute Gasteiger partial charge is 0.394 e. The molecule has 1 fully saturated rings. The van der Waals surface area contributed by atoms with E-state index in [0.29, 0.717) is 0 Å². The predicted molar refractivity (Wildman–Crippen MR) is 49.9 cm³/mol. The van der Waals surface area contributed by atoms with Crippen LogP contribution in [0, 0.1) is 0 Å². The van der Waals surface area contributed by atoms with E-state index in [1.54, 1.807) is 0 Å². The highest BCUT2D eigenvalue weighted by Crippen LogP contribution is 2.21. The van der Waals surface area contributed by atoms with E-state index in [1.807, 2.05) is 0 Å². The first-order valence-corrected chi connectivity index (χ1v) is 4.64. The molecule has 0 bridgehead atoms. The summed E-state index contributed by atoms with van der Waals surface area (Å²) in [6.45, 7) is 3.10. The number of aliphatic hydroxyl groups is 4. The van der Waals surface area contributed by atoms with Crippen LogP contribution in [-0.2, 0) is 9.47 Å². The van der Waals surface area contributed by atoms with Gasteiger partial charge < -0.3 is 29.9 Å². The van der Waals surface area contributed by atoms with Crippen molar-refractivity contribution >= 4 is 0 Å². The molecule has 0 spiro atoms. The van der Waals surface area contributed by atoms with E-state index in [-0.39, 0.29) is 6.61 Å². The summed E-state index contributed by atoms with van der Waals surface area (Å²) in [5.41, 5.74) is 0. The minimum atomic E-state index is -1.40. The van der Waals surface area contributed by atoms with Crippen molar-refractivity contribution in [3.63, 3.8) is 0 Å². The Morgan fingerprint density at radius 3 is 2.40 bits per heavy atom. The molecule has 1 rings (SSSR count). The molecule has 1 aliphatic heterocycles. The molecule has 1 heterocycles. The summed E-state index contributed by atoms with van der Waals surface area (Å²) >= 11 is 0. The van der Waals surface area contributed by atoms with Crippen molar-refractivity contribution in [3.05, 3.63) is 12.7 Å². The van der Waals surface area contributed by atoms with Crippen LogP contribution in [-0.4, -0.2) is 64.3 Å². The Bertz CT molecular complexity index is 207. The van der Waals surface area contributed by atoms with E-state index in [0.717, 1.165) is 0 Å². The second kappa shape index (κ2) is 5.55. The smallest absolute Gasteiger partial charge is 0.187 e. The van der Waals surface area contributed by atoms with Gasteiger partial charge in [-0.2, -0.15) is 0 Å². The Morgan fingerprint density at radius 1 is 1.20 bits per heavy atom. The molecule has 0 aromatic carbocycles. The Labute approximate surface area is 87.4 Å². The Morgan fingerprint density at radius 2 is 1.87 bits per heavy atom. The lowest BCUT2D eigenvalue weighted by Crippen LogP contribution is -2.59. The van der Waals surface area contributed by atoms with Crippen molar-refractivity contribution in [1.82, 2.24) is 0 Å². The van der Waals surface area contributed by atoms with E-state index >= 15 is 0 Å². The SMILES string of the molecule is C=CCO[C@H]1O[C@@H](CO)[C@@H](O)[C@H](O)[C@@H]1O. The van der Waals surface area contributed by atoms with Crippen LogP contribution in [0.1, 0.15) is 0 Å². The van der Waals surface area contributed by atoms with Crippen molar-refractivity contribution in [2.75, 3.05) is 13.2 Å². The van der Waals surface area contributed by atoms with E-state index in [4.69, 9.17) is 14.6 Å². The Kier molecular flexibility index (Phi) is 4.65. The average molecular weight is 220 g/mol. The highest BCUT2D eigenvalue weighted by molar-refractivity contribution is 4.89. The number of hydrogen-bond donors (Lipinski definition) is 4. The predicted octanol–water partition coefficient (Wildman–Crippen LogP) is -2.01. The van der Waals surface area contributed by atoms with Crippen LogP contribution in [0.3, 0.4) is 0 Å². The summed E-state index contributed by atoms with van der Waals surface area (Å²) in [7, 11) is 0. The molecule has 6 nitrogen and oxygen atoms in total. The van der Waals surface area contributed by atoms with Crippen LogP contribution in [0.5, 0.6) is 0 Å². The molecule has 1 saturated heterocycles. The molecule has 6 heteroatoms. The van der Waals surface area contributed by atoms with Gasteiger partial charge in [0.25, 0.3) is 0 Å². The summed E-state index contributed by atoms with van der Waals surface area (Å²) in [5.74, 6) is 0. The molecule has 0 aromatic heterocycles. The summed E-state index contributed by atoms with van der Waals surface area (Å²) in [5, 5.41) is 37.1. The van der Waals surface area contributed by atoms with Crippen LogP contribution in [0.2, 0.25) is 0 Å². The lowest BCUT2D eigenvalue weighted by Gasteiger charge is -2.39. The number of hydrogen-bond acceptors (Lipinski definition) is 6. The van der Waals surface area contributed by atoms with Gasteiger partial charge in [0.1, 0.15) is 24.4 Å². The zero-order valence-electron chi connectivity index (χ0n) is 8.19. The van der Waals surface area contributed by atoms with Gasteiger partial charge in [-0.1, -0.05) is 6.08 Å². The molecule has 4 N–H and O–H groups in total. The van der Waals surface area contributed by atoms with Gasteiger partial charge in [0.2, 0.25) is 0 Å². The van der Waals surface area contributed by atoms with Gasteiger partial charge in [0, 0.05) is 0 Å². The fourth-order valence-corrected chi connectivity index (χ4v) is 1.37. The first kappa shape index (κ1) is 12.6. The van der Waals surface area contributed by atoms with Gasteiger partial charge in [-0.25, -0.2) is 0 Å². The quantitative estimate of drug-likeness (QED) is 0.408. The van der Waals surface area contributed by atoms with Gasteiger partial charge in [0.15, 0.2) is 6.29 Å². The lowest BCUT2D eigenvalue weighted by molar-refractivity contribution is -0.298. The molecule has 0 radical (unpaired) electrons. The maximum atomic E-state index is 9.47. The fourth-order valence-electron chi connectivity index (χ4n) is 1.37. The maximum absolute atomic E-state index is 9.47. The molecule has 0 aromatic rings. The van der Waals surface area contributed by atoms with Crippen LogP contribution >= 0.6 is 0 Å². The molecule has 1 aliphatic rings. The average Bonchev–Trinajstić information content (AvgIpc) is 2.25. The lowest BCUT2D eigenvalue weighted by atomic mass is 9.99. The zero-order chi connectivity index (χ0) is 11.4. The number of aliphatic hydroxyl groups excluding tert-OH is 4. The van der Waals surface area contributed by atoms with E-state index in [2.05, 4.69) is 6.58 Å². The first-order chi connectivity index (χ1) is 7.11. The molecule has 5 atom stereocenters. The third-order valence-electron chi connectivity index (χ3n) is 2.23. The van der Waals surface area contributed by atoms with Crippen molar-refractivity contribution in [2.45, 2.75) is 30.7 Å². The van der Waals surface area contributed by atoms with E-state index < -0.39 is 37.3 Å². The molecular formula is C9H16O6. The van der Waals surface area contributed by atoms with Crippen LogP contribution in [0.4, 0.5) is 0 Å². The maximum Gasteiger partial charge on any atom is 0.187 e. The van der Waals surface area contributed by atoms with Crippen molar-refractivity contribution in [3.8, 4) is 0 Å². The second-order valence-corrected chi connectivity index (χ2v) is 3.32. The molecule has 0 aliphatic carbocycles. The van der Waals surface area contributed by atoms with E-state index in [1.165, 1.54) is 6.08 Å². The first-order valence-electron chi connectivity index (χ1n) is 4.64. The molecule has 15 heavy (non-hydrogen) atoms. The molecule has 0 amide bonds. The number of rotatable bonds is 4.